The summed E-state index contributed by atoms with van der Waals surface area (Å²) >= 11 is 0. The highest BCUT2D eigenvalue weighted by Crippen LogP contribution is 2.38. The van der Waals surface area contributed by atoms with Gasteiger partial charge in [0, 0.05) is 37.3 Å². The van der Waals surface area contributed by atoms with Gasteiger partial charge in [0.1, 0.15) is 11.9 Å². The first kappa shape index (κ1) is 18.6. The van der Waals surface area contributed by atoms with Crippen molar-refractivity contribution in [2.45, 2.75) is 50.3 Å². The van der Waals surface area contributed by atoms with Crippen LogP contribution in [0.3, 0.4) is 0 Å². The van der Waals surface area contributed by atoms with E-state index in [1.54, 1.807) is 26.6 Å². The molecular weight excluding hydrogens is 356 g/mol. The Labute approximate surface area is 165 Å². The largest absolute Gasteiger partial charge is 0.493 e. The maximum Gasteiger partial charge on any atom is 0.227 e. The van der Waals surface area contributed by atoms with E-state index in [2.05, 4.69) is 9.88 Å². The Balaban J connectivity index is 1.41. The highest BCUT2D eigenvalue weighted by Gasteiger charge is 2.43. The van der Waals surface area contributed by atoms with Gasteiger partial charge in [0.2, 0.25) is 5.91 Å². The third-order valence-electron chi connectivity index (χ3n) is 5.73. The number of ether oxygens (including phenoxy) is 3. The summed E-state index contributed by atoms with van der Waals surface area (Å²) in [6.45, 7) is 0. The highest BCUT2D eigenvalue weighted by atomic mass is 16.5. The number of rotatable bonds is 6. The maximum absolute atomic E-state index is 13.1. The standard InChI is InChI=1S/C22H26N2O4/c1-26-20-6-3-15(11-21(20)27-2)12-22(25)24-16-4-5-17(24)14-19(13-16)28-18-7-9-23-10-8-18/h3,6-11,16-17,19H,4-5,12-14H2,1-2H3. The van der Waals surface area contributed by atoms with Gasteiger partial charge in [0.25, 0.3) is 0 Å². The van der Waals surface area contributed by atoms with Crippen LogP contribution in [0.15, 0.2) is 42.7 Å². The van der Waals surface area contributed by atoms with Crippen LogP contribution >= 0.6 is 0 Å². The number of methoxy groups -OCH3 is 2. The highest BCUT2D eigenvalue weighted by molar-refractivity contribution is 5.80. The van der Waals surface area contributed by atoms with Crippen LogP contribution in [0.2, 0.25) is 0 Å². The van der Waals surface area contributed by atoms with Gasteiger partial charge in [0.05, 0.1) is 20.6 Å². The van der Waals surface area contributed by atoms with Gasteiger partial charge >= 0.3 is 0 Å². The van der Waals surface area contributed by atoms with Crippen LogP contribution in [0.25, 0.3) is 0 Å². The van der Waals surface area contributed by atoms with E-state index in [4.69, 9.17) is 14.2 Å². The van der Waals surface area contributed by atoms with Gasteiger partial charge in [-0.25, -0.2) is 0 Å². The van der Waals surface area contributed by atoms with E-state index in [0.717, 1.165) is 37.0 Å². The number of fused-ring (bicyclic) bond motifs is 2. The fourth-order valence-electron chi connectivity index (χ4n) is 4.50. The quantitative estimate of drug-likeness (QED) is 0.768. The zero-order valence-electron chi connectivity index (χ0n) is 16.3. The number of carbonyl (C=O) groups excluding carboxylic acids is 1. The van der Waals surface area contributed by atoms with E-state index < -0.39 is 0 Å². The molecule has 1 amide bonds. The average molecular weight is 382 g/mol. The molecule has 2 aromatic rings. The molecule has 2 aliphatic rings. The van der Waals surface area contributed by atoms with E-state index in [-0.39, 0.29) is 24.1 Å². The van der Waals surface area contributed by atoms with Crippen molar-refractivity contribution in [3.63, 3.8) is 0 Å². The Bertz CT molecular complexity index is 813. The average Bonchev–Trinajstić information content (AvgIpc) is 2.99. The summed E-state index contributed by atoms with van der Waals surface area (Å²) in [6, 6.07) is 9.97. The third kappa shape index (κ3) is 3.77. The summed E-state index contributed by atoms with van der Waals surface area (Å²) in [4.78, 5) is 19.2. The lowest BCUT2D eigenvalue weighted by molar-refractivity contribution is -0.136. The zero-order chi connectivity index (χ0) is 19.5. The molecule has 0 aliphatic carbocycles. The Hall–Kier alpha value is -2.76. The molecule has 2 fully saturated rings. The van der Waals surface area contributed by atoms with Gasteiger partial charge < -0.3 is 19.1 Å². The summed E-state index contributed by atoms with van der Waals surface area (Å²) in [5, 5.41) is 0. The lowest BCUT2D eigenvalue weighted by Crippen LogP contribution is -2.49. The van der Waals surface area contributed by atoms with Crippen molar-refractivity contribution in [3.05, 3.63) is 48.3 Å². The van der Waals surface area contributed by atoms with Crippen molar-refractivity contribution in [2.24, 2.45) is 0 Å². The topological polar surface area (TPSA) is 60.9 Å². The van der Waals surface area contributed by atoms with E-state index in [1.807, 2.05) is 30.3 Å². The molecule has 4 rings (SSSR count). The first-order valence-corrected chi connectivity index (χ1v) is 9.76. The molecule has 3 heterocycles. The molecule has 2 saturated heterocycles. The van der Waals surface area contributed by atoms with E-state index >= 15 is 0 Å². The maximum atomic E-state index is 13.1. The summed E-state index contributed by atoms with van der Waals surface area (Å²) in [6.07, 6.45) is 7.90. The van der Waals surface area contributed by atoms with Gasteiger partial charge in [0.15, 0.2) is 11.5 Å². The van der Waals surface area contributed by atoms with E-state index in [0.29, 0.717) is 17.9 Å². The molecule has 0 radical (unpaired) electrons. The Morgan fingerprint density at radius 1 is 1.04 bits per heavy atom. The number of hydrogen-bond acceptors (Lipinski definition) is 5. The smallest absolute Gasteiger partial charge is 0.227 e. The van der Waals surface area contributed by atoms with Gasteiger partial charge in [-0.3, -0.25) is 9.78 Å². The van der Waals surface area contributed by atoms with Crippen LogP contribution in [0.1, 0.15) is 31.2 Å². The molecule has 0 N–H and O–H groups in total. The number of carbonyl (C=O) groups is 1. The second-order valence-corrected chi connectivity index (χ2v) is 7.45. The lowest BCUT2D eigenvalue weighted by Gasteiger charge is -2.39. The van der Waals surface area contributed by atoms with Gasteiger partial charge in [-0.2, -0.15) is 0 Å². The predicted octanol–water partition coefficient (Wildman–Crippen LogP) is 3.24. The molecule has 2 atom stereocenters. The van der Waals surface area contributed by atoms with Crippen molar-refractivity contribution >= 4 is 5.91 Å². The van der Waals surface area contributed by atoms with Gasteiger partial charge in [-0.1, -0.05) is 6.07 Å². The van der Waals surface area contributed by atoms with Crippen LogP contribution in [0, 0.1) is 0 Å². The molecule has 6 nitrogen and oxygen atoms in total. The van der Waals surface area contributed by atoms with Crippen LogP contribution in [0.5, 0.6) is 17.2 Å². The van der Waals surface area contributed by atoms with E-state index in [1.165, 1.54) is 0 Å². The fourth-order valence-corrected chi connectivity index (χ4v) is 4.50. The minimum Gasteiger partial charge on any atom is -0.493 e. The minimum absolute atomic E-state index is 0.157. The van der Waals surface area contributed by atoms with Crippen LogP contribution in [-0.2, 0) is 11.2 Å². The van der Waals surface area contributed by atoms with Crippen molar-refractivity contribution in [1.82, 2.24) is 9.88 Å². The second kappa shape index (κ2) is 8.09. The number of hydrogen-bond donors (Lipinski definition) is 0. The SMILES string of the molecule is COc1ccc(CC(=O)N2C3CCC2CC(Oc2ccncc2)C3)cc1OC. The minimum atomic E-state index is 0.157. The molecule has 28 heavy (non-hydrogen) atoms. The number of benzene rings is 1. The van der Waals surface area contributed by atoms with Crippen molar-refractivity contribution in [2.75, 3.05) is 14.2 Å². The lowest BCUT2D eigenvalue weighted by atomic mass is 9.98. The first-order chi connectivity index (χ1) is 13.7. The number of nitrogens with zero attached hydrogens (tertiary/aromatic N) is 2. The number of piperidine rings is 1. The second-order valence-electron chi connectivity index (χ2n) is 7.45. The third-order valence-corrected chi connectivity index (χ3v) is 5.73. The summed E-state index contributed by atoms with van der Waals surface area (Å²) in [5.74, 6) is 2.36. The normalized spacial score (nSPS) is 23.4. The monoisotopic (exact) mass is 382 g/mol. The van der Waals surface area contributed by atoms with Crippen molar-refractivity contribution in [1.29, 1.82) is 0 Å². The zero-order valence-corrected chi connectivity index (χ0v) is 16.3. The molecule has 2 unspecified atom stereocenters. The molecule has 148 valence electrons. The van der Waals surface area contributed by atoms with E-state index in [9.17, 15) is 4.79 Å². The van der Waals surface area contributed by atoms with Crippen molar-refractivity contribution < 1.29 is 19.0 Å². The van der Waals surface area contributed by atoms with Crippen LogP contribution in [0.4, 0.5) is 0 Å². The molecule has 0 saturated carbocycles. The number of pyridine rings is 1. The Morgan fingerprint density at radius 3 is 2.36 bits per heavy atom. The fraction of sp³-hybridized carbons (Fsp3) is 0.455. The van der Waals surface area contributed by atoms with Crippen LogP contribution < -0.4 is 14.2 Å². The van der Waals surface area contributed by atoms with Gasteiger partial charge in [-0.15, -0.1) is 0 Å². The first-order valence-electron chi connectivity index (χ1n) is 9.76. The van der Waals surface area contributed by atoms with Crippen LogP contribution in [-0.4, -0.2) is 48.2 Å². The predicted molar refractivity (Wildman–Crippen MR) is 105 cm³/mol. The summed E-state index contributed by atoms with van der Waals surface area (Å²) in [5.41, 5.74) is 0.942. The summed E-state index contributed by atoms with van der Waals surface area (Å²) in [7, 11) is 3.22. The molecular formula is C22H26N2O4. The molecule has 6 heteroatoms. The molecule has 1 aromatic heterocycles. The van der Waals surface area contributed by atoms with Gasteiger partial charge in [-0.05, 0) is 42.7 Å². The molecule has 1 aromatic carbocycles. The molecule has 2 bridgehead atoms. The van der Waals surface area contributed by atoms with Crippen molar-refractivity contribution in [3.8, 4) is 17.2 Å². The molecule has 0 spiro atoms. The summed E-state index contributed by atoms with van der Waals surface area (Å²) < 4.78 is 16.8. The number of amides is 1. The Kier molecular flexibility index (Phi) is 5.37. The Morgan fingerprint density at radius 2 is 1.71 bits per heavy atom. The molecule has 2 aliphatic heterocycles. The number of aromatic nitrogens is 1.